The highest BCUT2D eigenvalue weighted by Gasteiger charge is 2.24. The minimum absolute atomic E-state index is 0.0496. The summed E-state index contributed by atoms with van der Waals surface area (Å²) in [4.78, 5) is 23.9. The number of methoxy groups -OCH3 is 1. The Morgan fingerprint density at radius 2 is 1.86 bits per heavy atom. The first-order valence-electron chi connectivity index (χ1n) is 8.50. The van der Waals surface area contributed by atoms with Gasteiger partial charge in [0.2, 0.25) is 0 Å². The first-order chi connectivity index (χ1) is 13.9. The number of rotatable bonds is 5. The highest BCUT2D eigenvalue weighted by atomic mass is 32.1. The van der Waals surface area contributed by atoms with E-state index >= 15 is 0 Å². The molecule has 0 radical (unpaired) electrons. The van der Waals surface area contributed by atoms with E-state index in [2.05, 4.69) is 10.6 Å². The van der Waals surface area contributed by atoms with Crippen molar-refractivity contribution in [2.45, 2.75) is 6.92 Å². The van der Waals surface area contributed by atoms with Crippen molar-refractivity contribution in [1.82, 2.24) is 0 Å². The summed E-state index contributed by atoms with van der Waals surface area (Å²) in [5.41, 5.74) is 2.49. The summed E-state index contributed by atoms with van der Waals surface area (Å²) in [7, 11) is 1.33. The van der Waals surface area contributed by atoms with Gasteiger partial charge in [0, 0.05) is 28.3 Å². The zero-order valence-corrected chi connectivity index (χ0v) is 17.2. The predicted octanol–water partition coefficient (Wildman–Crippen LogP) is 5.23. The molecule has 0 atom stereocenters. The normalized spacial score (nSPS) is 10.3. The zero-order valence-electron chi connectivity index (χ0n) is 15.6. The number of nitro benzene ring substituents is 1. The van der Waals surface area contributed by atoms with Gasteiger partial charge in [0.15, 0.2) is 5.11 Å². The Morgan fingerprint density at radius 1 is 1.14 bits per heavy atom. The van der Waals surface area contributed by atoms with Gasteiger partial charge in [0.05, 0.1) is 12.0 Å². The van der Waals surface area contributed by atoms with Gasteiger partial charge < -0.3 is 15.4 Å². The minimum atomic E-state index is -0.480. The van der Waals surface area contributed by atoms with Crippen molar-refractivity contribution in [1.29, 1.82) is 0 Å². The van der Waals surface area contributed by atoms with Crippen molar-refractivity contribution in [3.05, 3.63) is 75.2 Å². The Morgan fingerprint density at radius 3 is 2.52 bits per heavy atom. The monoisotopic (exact) mass is 427 g/mol. The highest BCUT2D eigenvalue weighted by molar-refractivity contribution is 7.80. The maximum absolute atomic E-state index is 12.5. The van der Waals surface area contributed by atoms with E-state index < -0.39 is 10.9 Å². The fourth-order valence-electron chi connectivity index (χ4n) is 2.84. The molecule has 2 aromatic carbocycles. The Balaban J connectivity index is 1.91. The van der Waals surface area contributed by atoms with Gasteiger partial charge in [0.1, 0.15) is 10.6 Å². The number of carbonyl (C=O) groups is 1. The second-order valence-electron chi connectivity index (χ2n) is 5.98. The number of non-ortho nitro benzene ring substituents is 1. The van der Waals surface area contributed by atoms with E-state index in [-0.39, 0.29) is 10.8 Å². The molecule has 148 valence electrons. The number of anilines is 2. The van der Waals surface area contributed by atoms with Crippen molar-refractivity contribution < 1.29 is 14.5 Å². The van der Waals surface area contributed by atoms with Crippen LogP contribution in [0.4, 0.5) is 16.4 Å². The van der Waals surface area contributed by atoms with E-state index in [1.165, 1.54) is 30.6 Å². The van der Waals surface area contributed by atoms with E-state index in [4.69, 9.17) is 17.0 Å². The number of ether oxygens (including phenoxy) is 1. The number of nitrogens with zero attached hydrogens (tertiary/aromatic N) is 1. The fourth-order valence-corrected chi connectivity index (χ4v) is 4.20. The van der Waals surface area contributed by atoms with Crippen LogP contribution in [-0.4, -0.2) is 23.1 Å². The molecule has 2 N–H and O–H groups in total. The van der Waals surface area contributed by atoms with Gasteiger partial charge in [-0.2, -0.15) is 0 Å². The molecule has 3 aromatic rings. The van der Waals surface area contributed by atoms with Crippen LogP contribution < -0.4 is 10.6 Å². The summed E-state index contributed by atoms with van der Waals surface area (Å²) >= 11 is 6.72. The summed E-state index contributed by atoms with van der Waals surface area (Å²) in [6.07, 6.45) is 0. The number of hydrogen-bond donors (Lipinski definition) is 2. The third-order valence-electron chi connectivity index (χ3n) is 4.08. The number of nitrogens with one attached hydrogen (secondary N) is 2. The molecule has 0 aliphatic carbocycles. The van der Waals surface area contributed by atoms with Gasteiger partial charge in [-0.25, -0.2) is 4.79 Å². The number of benzene rings is 2. The lowest BCUT2D eigenvalue weighted by atomic mass is 10.0. The Bertz CT molecular complexity index is 1080. The molecule has 0 spiro atoms. The quantitative estimate of drug-likeness (QED) is 0.249. The number of hydrogen-bond acceptors (Lipinski definition) is 6. The maximum Gasteiger partial charge on any atom is 0.341 e. The second kappa shape index (κ2) is 8.80. The first kappa shape index (κ1) is 20.4. The molecule has 0 saturated carbocycles. The number of nitro groups is 1. The fraction of sp³-hybridized carbons (Fsp3) is 0.100. The van der Waals surface area contributed by atoms with Crippen molar-refractivity contribution in [2.75, 3.05) is 17.7 Å². The number of carbonyl (C=O) groups excluding carboxylic acids is 1. The molecule has 1 heterocycles. The van der Waals surface area contributed by atoms with Crippen LogP contribution in [0.1, 0.15) is 15.2 Å². The lowest BCUT2D eigenvalue weighted by Crippen LogP contribution is -2.20. The molecule has 3 rings (SSSR count). The smallest absolute Gasteiger partial charge is 0.341 e. The molecule has 0 bridgehead atoms. The molecule has 0 aliphatic heterocycles. The van der Waals surface area contributed by atoms with Crippen molar-refractivity contribution in [3.8, 4) is 11.1 Å². The van der Waals surface area contributed by atoms with Crippen LogP contribution in [0.3, 0.4) is 0 Å². The topological polar surface area (TPSA) is 93.5 Å². The van der Waals surface area contributed by atoms with Crippen molar-refractivity contribution in [2.24, 2.45) is 0 Å². The van der Waals surface area contributed by atoms with Crippen LogP contribution >= 0.6 is 23.6 Å². The molecule has 0 unspecified atom stereocenters. The average Bonchev–Trinajstić information content (AvgIpc) is 3.03. The Labute approximate surface area is 176 Å². The van der Waals surface area contributed by atoms with Gasteiger partial charge in [0.25, 0.3) is 5.69 Å². The molecule has 7 nitrogen and oxygen atoms in total. The van der Waals surface area contributed by atoms with Gasteiger partial charge in [-0.05, 0) is 30.8 Å². The van der Waals surface area contributed by atoms with Crippen LogP contribution in [0.15, 0.2) is 54.6 Å². The van der Waals surface area contributed by atoms with Gasteiger partial charge in [-0.3, -0.25) is 10.1 Å². The van der Waals surface area contributed by atoms with E-state index in [1.807, 2.05) is 37.3 Å². The van der Waals surface area contributed by atoms with E-state index in [0.29, 0.717) is 16.3 Å². The molecule has 9 heteroatoms. The van der Waals surface area contributed by atoms with Gasteiger partial charge in [-0.1, -0.05) is 36.4 Å². The van der Waals surface area contributed by atoms with Crippen LogP contribution in [-0.2, 0) is 4.74 Å². The SMILES string of the molecule is COC(=O)c1c(NC(=S)Nc2cccc([N+](=O)[O-])c2)sc(C)c1-c1ccccc1. The molecule has 1 aromatic heterocycles. The summed E-state index contributed by atoms with van der Waals surface area (Å²) in [6.45, 7) is 1.92. The summed E-state index contributed by atoms with van der Waals surface area (Å²) in [5, 5.41) is 17.6. The summed E-state index contributed by atoms with van der Waals surface area (Å²) < 4.78 is 4.98. The highest BCUT2D eigenvalue weighted by Crippen LogP contribution is 2.40. The Hall–Kier alpha value is -3.30. The molecule has 0 amide bonds. The molecule has 0 saturated heterocycles. The molecular weight excluding hydrogens is 410 g/mol. The van der Waals surface area contributed by atoms with Crippen molar-refractivity contribution in [3.63, 3.8) is 0 Å². The van der Waals surface area contributed by atoms with Crippen LogP contribution in [0.25, 0.3) is 11.1 Å². The molecule has 0 fully saturated rings. The first-order valence-corrected chi connectivity index (χ1v) is 9.72. The van der Waals surface area contributed by atoms with E-state index in [9.17, 15) is 14.9 Å². The predicted molar refractivity (Wildman–Crippen MR) is 119 cm³/mol. The molecular formula is C20H17N3O4S2. The number of thiocarbonyl (C=S) groups is 1. The van der Waals surface area contributed by atoms with Crippen LogP contribution in [0, 0.1) is 17.0 Å². The van der Waals surface area contributed by atoms with E-state index in [0.717, 1.165) is 16.0 Å². The van der Waals surface area contributed by atoms with Crippen LogP contribution in [0.2, 0.25) is 0 Å². The Kier molecular flexibility index (Phi) is 6.20. The van der Waals surface area contributed by atoms with Crippen molar-refractivity contribution >= 4 is 51.0 Å². The number of esters is 1. The zero-order chi connectivity index (χ0) is 21.0. The second-order valence-corrected chi connectivity index (χ2v) is 7.61. The number of aryl methyl sites for hydroxylation is 1. The van der Waals surface area contributed by atoms with Crippen LogP contribution in [0.5, 0.6) is 0 Å². The third kappa shape index (κ3) is 4.58. The van der Waals surface area contributed by atoms with E-state index in [1.54, 1.807) is 12.1 Å². The molecule has 0 aliphatic rings. The number of thiophene rings is 1. The minimum Gasteiger partial charge on any atom is -0.465 e. The maximum atomic E-state index is 12.5. The lowest BCUT2D eigenvalue weighted by molar-refractivity contribution is -0.384. The lowest BCUT2D eigenvalue weighted by Gasteiger charge is -2.11. The van der Waals surface area contributed by atoms with Gasteiger partial charge >= 0.3 is 5.97 Å². The summed E-state index contributed by atoms with van der Waals surface area (Å²) in [5.74, 6) is -0.478. The molecule has 29 heavy (non-hydrogen) atoms. The standard InChI is InChI=1S/C20H17N3O4S2/c1-12-16(13-7-4-3-5-8-13)17(19(24)27-2)18(29-12)22-20(28)21-14-9-6-10-15(11-14)23(25)26/h3-11H,1-2H3,(H2,21,22,28). The summed E-state index contributed by atoms with van der Waals surface area (Å²) in [6, 6.07) is 15.5. The largest absolute Gasteiger partial charge is 0.465 e. The average molecular weight is 428 g/mol. The third-order valence-corrected chi connectivity index (χ3v) is 5.30. The van der Waals surface area contributed by atoms with Gasteiger partial charge in [-0.15, -0.1) is 11.3 Å².